The van der Waals surface area contributed by atoms with Crippen molar-refractivity contribution in [1.82, 2.24) is 30.0 Å². The van der Waals surface area contributed by atoms with Gasteiger partial charge < -0.3 is 9.42 Å². The summed E-state index contributed by atoms with van der Waals surface area (Å²) in [5.41, 5.74) is 1.25. The smallest absolute Gasteiger partial charge is 0.253 e. The van der Waals surface area contributed by atoms with Gasteiger partial charge in [0.15, 0.2) is 5.69 Å². The molecule has 0 aliphatic carbocycles. The summed E-state index contributed by atoms with van der Waals surface area (Å²) < 4.78 is 7.68. The maximum atomic E-state index is 12.8. The van der Waals surface area contributed by atoms with Gasteiger partial charge in [0, 0.05) is 30.0 Å². The number of amides is 1. The Labute approximate surface area is 158 Å². The molecule has 1 aliphatic rings. The molecule has 1 atom stereocenters. The van der Waals surface area contributed by atoms with Crippen LogP contribution in [0, 0.1) is 6.92 Å². The van der Waals surface area contributed by atoms with Crippen molar-refractivity contribution in [3.63, 3.8) is 0 Å². The first kappa shape index (κ1) is 16.9. The fourth-order valence-electron chi connectivity index (χ4n) is 3.12. The van der Waals surface area contributed by atoms with E-state index in [1.54, 1.807) is 11.6 Å². The minimum atomic E-state index is 0.0325. The molecule has 1 fully saturated rings. The third-order valence-electron chi connectivity index (χ3n) is 4.40. The van der Waals surface area contributed by atoms with Crippen LogP contribution in [-0.4, -0.2) is 49.0 Å². The molecule has 2 aromatic heterocycles. The zero-order valence-corrected chi connectivity index (χ0v) is 15.8. The molecule has 0 unspecified atom stereocenters. The summed E-state index contributed by atoms with van der Waals surface area (Å²) >= 11 is 3.42. The maximum absolute atomic E-state index is 12.8. The molecule has 0 spiro atoms. The largest absolute Gasteiger partial charge is 0.339 e. The number of likely N-dealkylation sites (tertiary alicyclic amines) is 1. The minimum absolute atomic E-state index is 0.0325. The second-order valence-electron chi connectivity index (χ2n) is 6.28. The molecule has 9 heteroatoms. The molecule has 26 heavy (non-hydrogen) atoms. The third kappa shape index (κ3) is 3.39. The lowest BCUT2D eigenvalue weighted by atomic mass is 10.0. The van der Waals surface area contributed by atoms with Crippen molar-refractivity contribution in [3.8, 4) is 11.5 Å². The number of piperidine rings is 1. The number of benzene rings is 1. The van der Waals surface area contributed by atoms with Crippen molar-refractivity contribution >= 4 is 21.8 Å². The van der Waals surface area contributed by atoms with Crippen LogP contribution < -0.4 is 0 Å². The number of aromatic nitrogens is 5. The molecule has 0 saturated carbocycles. The predicted molar refractivity (Wildman–Crippen MR) is 96.4 cm³/mol. The van der Waals surface area contributed by atoms with Crippen LogP contribution in [0.5, 0.6) is 0 Å². The van der Waals surface area contributed by atoms with E-state index in [0.29, 0.717) is 29.5 Å². The van der Waals surface area contributed by atoms with Crippen molar-refractivity contribution in [2.75, 3.05) is 13.1 Å². The van der Waals surface area contributed by atoms with E-state index in [4.69, 9.17) is 4.52 Å². The Balaban J connectivity index is 1.50. The maximum Gasteiger partial charge on any atom is 0.253 e. The lowest BCUT2D eigenvalue weighted by molar-refractivity contribution is 0.0672. The van der Waals surface area contributed by atoms with E-state index < -0.39 is 0 Å². The fraction of sp³-hybridized carbons (Fsp3) is 0.353. The first-order valence-electron chi connectivity index (χ1n) is 8.37. The summed E-state index contributed by atoms with van der Waals surface area (Å²) in [7, 11) is 0. The Morgan fingerprint density at radius 2 is 2.27 bits per heavy atom. The van der Waals surface area contributed by atoms with Crippen molar-refractivity contribution in [2.45, 2.75) is 25.8 Å². The Morgan fingerprint density at radius 3 is 3.04 bits per heavy atom. The normalized spacial score (nSPS) is 17.5. The Hall–Kier alpha value is -2.55. The first-order chi connectivity index (χ1) is 12.6. The number of aryl methyl sites for hydroxylation is 1. The van der Waals surface area contributed by atoms with E-state index >= 15 is 0 Å². The third-order valence-corrected chi connectivity index (χ3v) is 4.89. The molecule has 134 valence electrons. The van der Waals surface area contributed by atoms with Crippen LogP contribution in [0.3, 0.4) is 0 Å². The molecule has 0 radical (unpaired) electrons. The van der Waals surface area contributed by atoms with Crippen LogP contribution in [0.15, 0.2) is 39.5 Å². The van der Waals surface area contributed by atoms with E-state index in [1.165, 1.54) is 0 Å². The number of halogens is 1. The molecular weight excluding hydrogens is 400 g/mol. The zero-order chi connectivity index (χ0) is 18.1. The van der Waals surface area contributed by atoms with E-state index in [-0.39, 0.29) is 11.9 Å². The van der Waals surface area contributed by atoms with Gasteiger partial charge in [-0.05, 0) is 31.0 Å². The van der Waals surface area contributed by atoms with Crippen LogP contribution >= 0.6 is 15.9 Å². The predicted octanol–water partition coefficient (Wildman–Crippen LogP) is 2.88. The van der Waals surface area contributed by atoms with Crippen LogP contribution in [0.4, 0.5) is 0 Å². The molecule has 0 bridgehead atoms. The SMILES string of the molecule is Cc1nc(-c2cn([C@H]3CCCN(C(=O)c4cccc(Br)c4)C3)nn2)no1. The molecule has 1 aromatic carbocycles. The first-order valence-corrected chi connectivity index (χ1v) is 9.17. The van der Waals surface area contributed by atoms with Crippen molar-refractivity contribution < 1.29 is 9.32 Å². The highest BCUT2D eigenvalue weighted by Crippen LogP contribution is 2.24. The number of nitrogens with zero attached hydrogens (tertiary/aromatic N) is 6. The lowest BCUT2D eigenvalue weighted by Gasteiger charge is -2.32. The topological polar surface area (TPSA) is 89.9 Å². The van der Waals surface area contributed by atoms with Gasteiger partial charge in [-0.15, -0.1) is 5.10 Å². The Bertz CT molecular complexity index is 937. The average Bonchev–Trinajstić information content (AvgIpc) is 3.30. The van der Waals surface area contributed by atoms with Gasteiger partial charge in [-0.3, -0.25) is 4.79 Å². The molecule has 4 rings (SSSR count). The van der Waals surface area contributed by atoms with Gasteiger partial charge >= 0.3 is 0 Å². The van der Waals surface area contributed by atoms with Crippen LogP contribution in [0.2, 0.25) is 0 Å². The number of rotatable bonds is 3. The van der Waals surface area contributed by atoms with E-state index in [1.807, 2.05) is 35.4 Å². The highest BCUT2D eigenvalue weighted by Gasteiger charge is 2.27. The van der Waals surface area contributed by atoms with Gasteiger partial charge in [-0.2, -0.15) is 4.98 Å². The molecule has 0 N–H and O–H groups in total. The summed E-state index contributed by atoms with van der Waals surface area (Å²) in [5.74, 6) is 0.940. The Morgan fingerprint density at radius 1 is 1.38 bits per heavy atom. The summed E-state index contributed by atoms with van der Waals surface area (Å²) in [4.78, 5) is 18.8. The van der Waals surface area contributed by atoms with Crippen LogP contribution in [-0.2, 0) is 0 Å². The average molecular weight is 417 g/mol. The molecular formula is C17H17BrN6O2. The van der Waals surface area contributed by atoms with Gasteiger partial charge in [-0.25, -0.2) is 4.68 Å². The van der Waals surface area contributed by atoms with Crippen LogP contribution in [0.25, 0.3) is 11.5 Å². The summed E-state index contributed by atoms with van der Waals surface area (Å²) in [6, 6.07) is 7.54. The summed E-state index contributed by atoms with van der Waals surface area (Å²) in [5, 5.41) is 12.2. The second-order valence-corrected chi connectivity index (χ2v) is 7.19. The monoisotopic (exact) mass is 416 g/mol. The molecule has 3 aromatic rings. The van der Waals surface area contributed by atoms with Crippen LogP contribution in [0.1, 0.15) is 35.1 Å². The molecule has 1 saturated heterocycles. The Kier molecular flexibility index (Phi) is 4.54. The zero-order valence-electron chi connectivity index (χ0n) is 14.2. The lowest BCUT2D eigenvalue weighted by Crippen LogP contribution is -2.40. The number of carbonyl (C=O) groups is 1. The van der Waals surface area contributed by atoms with E-state index in [9.17, 15) is 4.79 Å². The van der Waals surface area contributed by atoms with Gasteiger partial charge in [0.05, 0.1) is 12.2 Å². The number of hydrogen-bond donors (Lipinski definition) is 0. The highest BCUT2D eigenvalue weighted by atomic mass is 79.9. The molecule has 1 aliphatic heterocycles. The van der Waals surface area contributed by atoms with Gasteiger partial charge in [0.25, 0.3) is 5.91 Å². The van der Waals surface area contributed by atoms with Crippen molar-refractivity contribution in [1.29, 1.82) is 0 Å². The summed E-state index contributed by atoms with van der Waals surface area (Å²) in [6.45, 7) is 3.07. The highest BCUT2D eigenvalue weighted by molar-refractivity contribution is 9.10. The van der Waals surface area contributed by atoms with E-state index in [2.05, 4.69) is 36.4 Å². The number of hydrogen-bond acceptors (Lipinski definition) is 6. The van der Waals surface area contributed by atoms with Gasteiger partial charge in [0.2, 0.25) is 11.7 Å². The standard InChI is InChI=1S/C17H17BrN6O2/c1-11-19-16(21-26-11)15-10-24(22-20-15)14-6-3-7-23(9-14)17(25)12-4-2-5-13(18)8-12/h2,4-5,8,10,14H,3,6-7,9H2,1H3/t14-/m0/s1. The second kappa shape index (κ2) is 6.99. The molecule has 8 nitrogen and oxygen atoms in total. The fourth-order valence-corrected chi connectivity index (χ4v) is 3.52. The van der Waals surface area contributed by atoms with Gasteiger partial charge in [0.1, 0.15) is 0 Å². The van der Waals surface area contributed by atoms with E-state index in [0.717, 1.165) is 23.9 Å². The van der Waals surface area contributed by atoms with Gasteiger partial charge in [-0.1, -0.05) is 32.4 Å². The minimum Gasteiger partial charge on any atom is -0.339 e. The molecule has 3 heterocycles. The number of carbonyl (C=O) groups excluding carboxylic acids is 1. The van der Waals surface area contributed by atoms with Crippen molar-refractivity contribution in [2.24, 2.45) is 0 Å². The molecule has 1 amide bonds. The summed E-state index contributed by atoms with van der Waals surface area (Å²) in [6.07, 6.45) is 3.67. The van der Waals surface area contributed by atoms with Crippen molar-refractivity contribution in [3.05, 3.63) is 46.4 Å². The quantitative estimate of drug-likeness (QED) is 0.651.